The molecule has 4 N–H and O–H groups in total. The lowest BCUT2D eigenvalue weighted by molar-refractivity contribution is 0.0697. The van der Waals surface area contributed by atoms with Crippen LogP contribution in [0.4, 0.5) is 17.1 Å². The lowest BCUT2D eigenvalue weighted by atomic mass is 10.0. The summed E-state index contributed by atoms with van der Waals surface area (Å²) in [5.74, 6) is -0.997. The number of aryl methyl sites for hydroxylation is 1. The van der Waals surface area contributed by atoms with E-state index in [0.717, 1.165) is 39.2 Å². The number of aromatic carboxylic acids is 1. The standard InChI is InChI=1S/C28H21N7O3/c1-34-14-29-13-25(34)23-12-18(17-4-2-3-5-19(17)30-23)26-31-22-10-15(27(36)37)6-9-24(22)35(26)16-7-8-20-21(11-16)33-28(38)32-20/h2-14,26,31H,1H3,(H,36,37)(H2,32,33,38). The molecular weight excluding hydrogens is 482 g/mol. The summed E-state index contributed by atoms with van der Waals surface area (Å²) >= 11 is 0. The van der Waals surface area contributed by atoms with Crippen molar-refractivity contribution in [1.82, 2.24) is 24.5 Å². The van der Waals surface area contributed by atoms with E-state index in [2.05, 4.69) is 25.2 Å². The molecule has 0 saturated heterocycles. The van der Waals surface area contributed by atoms with Crippen molar-refractivity contribution in [2.75, 3.05) is 10.2 Å². The third kappa shape index (κ3) is 3.34. The fraction of sp³-hybridized carbons (Fsp3) is 0.0714. The van der Waals surface area contributed by atoms with Crippen molar-refractivity contribution < 1.29 is 9.90 Å². The highest BCUT2D eigenvalue weighted by Crippen LogP contribution is 2.48. The number of carbonyl (C=O) groups is 1. The van der Waals surface area contributed by atoms with Crippen LogP contribution in [0.1, 0.15) is 22.1 Å². The van der Waals surface area contributed by atoms with E-state index < -0.39 is 12.1 Å². The van der Waals surface area contributed by atoms with E-state index in [1.54, 1.807) is 30.7 Å². The second kappa shape index (κ2) is 8.07. The van der Waals surface area contributed by atoms with Crippen LogP contribution in [-0.2, 0) is 7.05 Å². The Morgan fingerprint density at radius 1 is 1.00 bits per heavy atom. The number of H-pyrrole nitrogens is 2. The van der Waals surface area contributed by atoms with Crippen LogP contribution in [-0.4, -0.2) is 35.6 Å². The van der Waals surface area contributed by atoms with Gasteiger partial charge >= 0.3 is 11.7 Å². The topological polar surface area (TPSA) is 132 Å². The van der Waals surface area contributed by atoms with Gasteiger partial charge in [-0.05, 0) is 48.5 Å². The molecule has 1 aliphatic heterocycles. The molecule has 7 rings (SSSR count). The van der Waals surface area contributed by atoms with Gasteiger partial charge in [-0.15, -0.1) is 0 Å². The van der Waals surface area contributed by atoms with Gasteiger partial charge in [0.1, 0.15) is 6.17 Å². The van der Waals surface area contributed by atoms with Crippen LogP contribution in [0.25, 0.3) is 33.3 Å². The summed E-state index contributed by atoms with van der Waals surface area (Å²) in [7, 11) is 1.93. The molecule has 0 bridgehead atoms. The molecule has 1 unspecified atom stereocenters. The summed E-state index contributed by atoms with van der Waals surface area (Å²) in [6.45, 7) is 0. The first-order valence-corrected chi connectivity index (χ1v) is 12.0. The average molecular weight is 504 g/mol. The number of para-hydroxylation sites is 1. The molecule has 10 heteroatoms. The van der Waals surface area contributed by atoms with Gasteiger partial charge in [0.15, 0.2) is 0 Å². The monoisotopic (exact) mass is 503 g/mol. The Morgan fingerprint density at radius 3 is 2.66 bits per heavy atom. The Labute approximate surface area is 215 Å². The lowest BCUT2D eigenvalue weighted by Gasteiger charge is -2.28. The van der Waals surface area contributed by atoms with E-state index in [4.69, 9.17) is 4.98 Å². The highest BCUT2D eigenvalue weighted by atomic mass is 16.4. The number of aromatic nitrogens is 5. The minimum absolute atomic E-state index is 0.192. The van der Waals surface area contributed by atoms with Crippen LogP contribution in [0.3, 0.4) is 0 Å². The Bertz CT molecular complexity index is 1950. The molecule has 1 atom stereocenters. The predicted molar refractivity (Wildman–Crippen MR) is 145 cm³/mol. The molecular formula is C28H21N7O3. The second-order valence-electron chi connectivity index (χ2n) is 9.27. The molecule has 0 saturated carbocycles. The third-order valence-electron chi connectivity index (χ3n) is 6.95. The number of nitrogens with zero attached hydrogens (tertiary/aromatic N) is 4. The predicted octanol–water partition coefficient (Wildman–Crippen LogP) is 4.77. The fourth-order valence-corrected chi connectivity index (χ4v) is 5.18. The summed E-state index contributed by atoms with van der Waals surface area (Å²) in [5.41, 5.74) is 7.08. The first-order chi connectivity index (χ1) is 18.5. The van der Waals surface area contributed by atoms with Crippen molar-refractivity contribution in [3.8, 4) is 11.4 Å². The quantitative estimate of drug-likeness (QED) is 0.273. The number of hydrogen-bond acceptors (Lipinski definition) is 6. The van der Waals surface area contributed by atoms with Crippen molar-refractivity contribution in [3.05, 3.63) is 101 Å². The number of anilines is 3. The molecule has 1 aliphatic rings. The largest absolute Gasteiger partial charge is 0.478 e. The third-order valence-corrected chi connectivity index (χ3v) is 6.95. The van der Waals surface area contributed by atoms with E-state index in [1.165, 1.54) is 0 Å². The molecule has 0 aliphatic carbocycles. The highest BCUT2D eigenvalue weighted by molar-refractivity contribution is 5.95. The summed E-state index contributed by atoms with van der Waals surface area (Å²) in [6.07, 6.45) is 3.13. The van der Waals surface area contributed by atoms with Crippen LogP contribution in [0.15, 0.2) is 84.0 Å². The number of hydrogen-bond donors (Lipinski definition) is 4. The normalized spacial score (nSPS) is 14.7. The number of pyridine rings is 1. The van der Waals surface area contributed by atoms with Crippen LogP contribution in [0.5, 0.6) is 0 Å². The molecule has 0 radical (unpaired) electrons. The van der Waals surface area contributed by atoms with Gasteiger partial charge in [0.2, 0.25) is 0 Å². The van der Waals surface area contributed by atoms with Gasteiger partial charge in [0.25, 0.3) is 0 Å². The van der Waals surface area contributed by atoms with Crippen LogP contribution >= 0.6 is 0 Å². The zero-order valence-corrected chi connectivity index (χ0v) is 20.1. The lowest BCUT2D eigenvalue weighted by Crippen LogP contribution is -2.24. The zero-order chi connectivity index (χ0) is 26.0. The first-order valence-electron chi connectivity index (χ1n) is 12.0. The number of rotatable bonds is 4. The Balaban J connectivity index is 1.47. The molecule has 3 aromatic heterocycles. The van der Waals surface area contributed by atoms with E-state index in [9.17, 15) is 14.7 Å². The van der Waals surface area contributed by atoms with Crippen molar-refractivity contribution in [2.24, 2.45) is 7.05 Å². The molecule has 6 aromatic rings. The van der Waals surface area contributed by atoms with E-state index in [1.807, 2.05) is 60.1 Å². The van der Waals surface area contributed by atoms with E-state index in [0.29, 0.717) is 16.7 Å². The first kappa shape index (κ1) is 21.9. The van der Waals surface area contributed by atoms with Crippen molar-refractivity contribution >= 4 is 45.0 Å². The van der Waals surface area contributed by atoms with E-state index >= 15 is 0 Å². The van der Waals surface area contributed by atoms with E-state index in [-0.39, 0.29) is 11.3 Å². The van der Waals surface area contributed by atoms with Crippen molar-refractivity contribution in [1.29, 1.82) is 0 Å². The summed E-state index contributed by atoms with van der Waals surface area (Å²) in [5, 5.41) is 14.1. The maximum Gasteiger partial charge on any atom is 0.335 e. The number of carboxylic acids is 1. The van der Waals surface area contributed by atoms with Crippen molar-refractivity contribution in [3.63, 3.8) is 0 Å². The number of benzene rings is 3. The number of aromatic amines is 2. The second-order valence-corrected chi connectivity index (χ2v) is 9.27. The zero-order valence-electron chi connectivity index (χ0n) is 20.1. The van der Waals surface area contributed by atoms with Gasteiger partial charge in [-0.2, -0.15) is 0 Å². The van der Waals surface area contributed by atoms with Crippen LogP contribution in [0.2, 0.25) is 0 Å². The SMILES string of the molecule is Cn1cncc1-c1cc(C2Nc3cc(C(=O)O)ccc3N2c2ccc3[nH]c(=O)[nH]c3c2)c2ccccc2n1. The highest BCUT2D eigenvalue weighted by Gasteiger charge is 2.34. The Kier molecular flexibility index (Phi) is 4.64. The minimum atomic E-state index is -0.997. The molecule has 10 nitrogen and oxygen atoms in total. The van der Waals surface area contributed by atoms with Crippen molar-refractivity contribution in [2.45, 2.75) is 6.17 Å². The molecule has 0 spiro atoms. The van der Waals surface area contributed by atoms with Gasteiger partial charge in [-0.3, -0.25) is 0 Å². The molecule has 186 valence electrons. The Hall–Kier alpha value is -5.38. The molecule has 3 aromatic carbocycles. The van der Waals surface area contributed by atoms with Gasteiger partial charge in [-0.25, -0.2) is 19.6 Å². The number of carboxylic acid groups (broad SMARTS) is 1. The fourth-order valence-electron chi connectivity index (χ4n) is 5.18. The van der Waals surface area contributed by atoms with Crippen LogP contribution in [0, 0.1) is 0 Å². The minimum Gasteiger partial charge on any atom is -0.478 e. The molecule has 0 fully saturated rings. The molecule has 38 heavy (non-hydrogen) atoms. The Morgan fingerprint density at radius 2 is 1.84 bits per heavy atom. The summed E-state index contributed by atoms with van der Waals surface area (Å²) in [6, 6.07) is 20.7. The maximum atomic E-state index is 11.9. The number of nitrogens with one attached hydrogen (secondary N) is 3. The van der Waals surface area contributed by atoms with Gasteiger partial charge in [0.05, 0.1) is 57.4 Å². The molecule has 4 heterocycles. The van der Waals surface area contributed by atoms with Gasteiger partial charge in [0, 0.05) is 23.7 Å². The molecule has 0 amide bonds. The summed E-state index contributed by atoms with van der Waals surface area (Å²) < 4.78 is 1.92. The number of fused-ring (bicyclic) bond motifs is 3. The van der Waals surface area contributed by atoms with Gasteiger partial charge in [-0.1, -0.05) is 18.2 Å². The maximum absolute atomic E-state index is 11.9. The number of imidazole rings is 2. The summed E-state index contributed by atoms with van der Waals surface area (Å²) in [4.78, 5) is 40.6. The smallest absolute Gasteiger partial charge is 0.335 e. The van der Waals surface area contributed by atoms with Crippen LogP contribution < -0.4 is 15.9 Å². The average Bonchev–Trinajstić information content (AvgIpc) is 3.62. The van der Waals surface area contributed by atoms with Gasteiger partial charge < -0.3 is 29.9 Å².